The van der Waals surface area contributed by atoms with Crippen molar-refractivity contribution in [3.05, 3.63) is 158 Å². The molecule has 1 saturated heterocycles. The third-order valence-corrected chi connectivity index (χ3v) is 26.7. The van der Waals surface area contributed by atoms with Gasteiger partial charge in [-0.3, -0.25) is 4.57 Å². The quantitative estimate of drug-likeness (QED) is 0.0686. The van der Waals surface area contributed by atoms with Crippen molar-refractivity contribution in [1.29, 1.82) is 0 Å². The van der Waals surface area contributed by atoms with Crippen LogP contribution in [-0.4, -0.2) is 98.8 Å². The summed E-state index contributed by atoms with van der Waals surface area (Å²) in [6.07, 6.45) is 1.84. The van der Waals surface area contributed by atoms with E-state index in [9.17, 15) is 4.89 Å². The number of hydrogen-bond acceptors (Lipinski definition) is 12. The second-order valence-corrected chi connectivity index (χ2v) is 33.0. The highest BCUT2D eigenvalue weighted by Crippen LogP contribution is 2.52. The van der Waals surface area contributed by atoms with Gasteiger partial charge in [-0.1, -0.05) is 163 Å². The highest BCUT2D eigenvalue weighted by atomic mass is 32.5. The van der Waals surface area contributed by atoms with Crippen molar-refractivity contribution >= 4 is 78.2 Å². The Morgan fingerprint density at radius 3 is 1.57 bits per heavy atom. The van der Waals surface area contributed by atoms with Gasteiger partial charge in [0.15, 0.2) is 23.7 Å². The summed E-state index contributed by atoms with van der Waals surface area (Å²) in [5, 5.41) is 3.57. The first-order valence-corrected chi connectivity index (χ1v) is 31.6. The van der Waals surface area contributed by atoms with Gasteiger partial charge in [-0.25, -0.2) is 34.3 Å². The van der Waals surface area contributed by atoms with Gasteiger partial charge >= 0.3 is 6.72 Å². The van der Waals surface area contributed by atoms with Gasteiger partial charge in [-0.15, -0.1) is 0 Å². The van der Waals surface area contributed by atoms with E-state index in [1.807, 2.05) is 62.4 Å². The number of imidazole rings is 2. The van der Waals surface area contributed by atoms with Crippen LogP contribution >= 0.6 is 6.72 Å². The summed E-state index contributed by atoms with van der Waals surface area (Å²) in [5.41, 5.74) is 3.81. The molecule has 1 saturated carbocycles. The molecule has 2 fully saturated rings. The zero-order chi connectivity index (χ0) is 52.0. The van der Waals surface area contributed by atoms with Gasteiger partial charge in [0.2, 0.25) is 0 Å². The van der Waals surface area contributed by atoms with Crippen molar-refractivity contribution in [2.24, 2.45) is 11.8 Å². The Balaban J connectivity index is 0.954. The lowest BCUT2D eigenvalue weighted by Crippen LogP contribution is -2.69. The Labute approximate surface area is 439 Å². The van der Waals surface area contributed by atoms with E-state index in [0.717, 1.165) is 28.0 Å². The van der Waals surface area contributed by atoms with Crippen molar-refractivity contribution in [2.45, 2.75) is 103 Å². The van der Waals surface area contributed by atoms with Crippen molar-refractivity contribution in [3.63, 3.8) is 0 Å². The lowest BCUT2D eigenvalue weighted by molar-refractivity contribution is -0.0447. The number of aromatic nitrogens is 8. The van der Waals surface area contributed by atoms with Gasteiger partial charge in [-0.2, -0.15) is 0 Å². The Morgan fingerprint density at radius 1 is 0.635 bits per heavy atom. The first-order valence-electron chi connectivity index (χ1n) is 25.2. The lowest BCUT2D eigenvalue weighted by Gasteiger charge is -2.49. The maximum atomic E-state index is 17.9. The van der Waals surface area contributed by atoms with Crippen LogP contribution in [0.15, 0.2) is 147 Å². The number of nitrogens with zero attached hydrogens (tertiary/aromatic N) is 8. The fraction of sp³-hybridized carbons (Fsp3) is 0.382. The minimum absolute atomic E-state index is 0.00932. The van der Waals surface area contributed by atoms with Crippen LogP contribution in [0, 0.1) is 25.7 Å². The predicted octanol–water partition coefficient (Wildman–Crippen LogP) is 8.47. The largest absolute Gasteiger partial charge is 0.407 e. The number of halogens is 1. The first-order chi connectivity index (χ1) is 35.4. The molecule has 0 spiro atoms. The van der Waals surface area contributed by atoms with Crippen LogP contribution in [-0.2, 0) is 34.4 Å². The smallest absolute Gasteiger partial charge is 0.324 e. The number of aryl methyl sites for hydroxylation is 2. The van der Waals surface area contributed by atoms with Crippen LogP contribution in [0.1, 0.15) is 71.6 Å². The number of ether oxygens (including phenoxy) is 1. The predicted molar refractivity (Wildman–Crippen MR) is 294 cm³/mol. The SMILES string of the molecule is Cc1ncnc2c1ncn2[C@@H]1C[C@H](CO[Si](c2ccccc2)(c2ccccc2)C(C)(C)C)[C@H]1COP(O)(=S)OC[C@H]1O[C@@H](n2cnc3c(C)ncnc32)[C@@H](F)[C@@H]1O[Si](c1ccccc1)(c1ccccc1)C(C)(C)C. The maximum Gasteiger partial charge on any atom is 0.324 e. The monoisotopic (exact) mass is 1070 g/mol. The van der Waals surface area contributed by atoms with E-state index >= 15 is 4.39 Å². The normalized spacial score (nSPS) is 22.5. The average molecular weight is 1070 g/mol. The van der Waals surface area contributed by atoms with Crippen LogP contribution in [0.25, 0.3) is 22.3 Å². The summed E-state index contributed by atoms with van der Waals surface area (Å²) in [5.74, 6) is -0.211. The van der Waals surface area contributed by atoms with Crippen LogP contribution in [0.2, 0.25) is 10.1 Å². The second kappa shape index (κ2) is 20.7. The maximum absolute atomic E-state index is 17.9. The van der Waals surface area contributed by atoms with Crippen LogP contribution in [0.5, 0.6) is 0 Å². The molecule has 8 atom stereocenters. The summed E-state index contributed by atoms with van der Waals surface area (Å²) in [6.45, 7) is 13.0. The molecule has 0 radical (unpaired) electrons. The Hall–Kier alpha value is -5.25. The molecule has 2 aliphatic rings. The summed E-state index contributed by atoms with van der Waals surface area (Å²) in [4.78, 5) is 39.2. The minimum atomic E-state index is -4.04. The topological polar surface area (TPSA) is 154 Å². The second-order valence-electron chi connectivity index (χ2n) is 21.6. The zero-order valence-corrected chi connectivity index (χ0v) is 46.7. The lowest BCUT2D eigenvalue weighted by atomic mass is 9.70. The molecular formula is C55H64FN8O6PSSi2. The molecule has 19 heteroatoms. The zero-order valence-electron chi connectivity index (χ0n) is 43.0. The number of rotatable bonds is 17. The Bertz CT molecular complexity index is 3180. The molecule has 4 aromatic carbocycles. The molecular weight excluding hydrogens is 1010 g/mol. The highest BCUT2D eigenvalue weighted by molar-refractivity contribution is 8.07. The van der Waals surface area contributed by atoms with E-state index in [-0.39, 0.29) is 36.1 Å². The molecule has 1 aliphatic carbocycles. The summed E-state index contributed by atoms with van der Waals surface area (Å²) >= 11 is 5.86. The minimum Gasteiger partial charge on any atom is -0.407 e. The fourth-order valence-electron chi connectivity index (χ4n) is 11.4. The molecule has 10 rings (SSSR count). The molecule has 0 amide bonds. The molecule has 1 unspecified atom stereocenters. The fourth-order valence-corrected chi connectivity index (χ4v) is 21.8. The number of benzene rings is 4. The number of hydrogen-bond donors (Lipinski definition) is 1. The molecule has 5 heterocycles. The van der Waals surface area contributed by atoms with Gasteiger partial charge in [0.05, 0.1) is 37.3 Å². The number of fused-ring (bicyclic) bond motifs is 2. The highest BCUT2D eigenvalue weighted by Gasteiger charge is 2.58. The first kappa shape index (κ1) is 52.2. The van der Waals surface area contributed by atoms with Crippen LogP contribution in [0.4, 0.5) is 4.39 Å². The van der Waals surface area contributed by atoms with Crippen molar-refractivity contribution in [3.8, 4) is 0 Å². The third-order valence-electron chi connectivity index (χ3n) is 15.1. The molecule has 386 valence electrons. The summed E-state index contributed by atoms with van der Waals surface area (Å²) < 4.78 is 55.9. The Kier molecular flexibility index (Phi) is 14.6. The molecule has 1 N–H and O–H groups in total. The van der Waals surface area contributed by atoms with Gasteiger partial charge in [0, 0.05) is 18.6 Å². The molecule has 8 aromatic rings. The summed E-state index contributed by atoms with van der Waals surface area (Å²) in [6, 6.07) is 41.1. The van der Waals surface area contributed by atoms with Crippen LogP contribution < -0.4 is 20.7 Å². The third kappa shape index (κ3) is 9.56. The van der Waals surface area contributed by atoms with E-state index in [4.69, 9.17) is 39.4 Å². The van der Waals surface area contributed by atoms with E-state index in [2.05, 4.69) is 144 Å². The Morgan fingerprint density at radius 2 is 1.08 bits per heavy atom. The number of alkyl halides is 1. The van der Waals surface area contributed by atoms with E-state index in [1.165, 1.54) is 23.0 Å². The van der Waals surface area contributed by atoms with Gasteiger partial charge < -0.3 is 32.1 Å². The molecule has 4 aromatic heterocycles. The van der Waals surface area contributed by atoms with E-state index in [1.54, 1.807) is 17.2 Å². The van der Waals surface area contributed by atoms with Crippen LogP contribution in [0.3, 0.4) is 0 Å². The molecule has 0 bridgehead atoms. The van der Waals surface area contributed by atoms with Crippen molar-refractivity contribution in [1.82, 2.24) is 39.0 Å². The van der Waals surface area contributed by atoms with Gasteiger partial charge in [-0.05, 0) is 68.8 Å². The van der Waals surface area contributed by atoms with Gasteiger partial charge in [0.25, 0.3) is 16.6 Å². The van der Waals surface area contributed by atoms with Gasteiger partial charge in [0.1, 0.15) is 35.9 Å². The molecule has 14 nitrogen and oxygen atoms in total. The molecule has 1 aliphatic heterocycles. The average Bonchev–Trinajstić information content (AvgIpc) is 4.10. The summed E-state index contributed by atoms with van der Waals surface area (Å²) in [7, 11) is -6.30. The standard InChI is InChI=1S/C55H64FN8O6PSSi2/c1-37-48-51(59-33-57-37)63(35-61-48)45-29-39(30-68-73(54(3,4)5,40-21-13-9-14-22-40)41-23-15-10-16-24-41)44(45)31-66-71(65,72)67-32-46-50(47(56)53(69-46)64-36-62-49-38(2)58-34-60-52(49)64)70-74(55(6,7)8,42-25-17-11-18-26-42)43-27-19-12-20-28-43/h9-28,33-36,39,44-47,50,53H,29-32H2,1-8H3,(H,65,72)/t39-,44-,45-,46-,47+,50-,53-,71?/m1/s1. The van der Waals surface area contributed by atoms with E-state index < -0.39 is 53.0 Å². The van der Waals surface area contributed by atoms with Crippen molar-refractivity contribution < 1.29 is 31.9 Å². The van der Waals surface area contributed by atoms with E-state index in [0.29, 0.717) is 29.1 Å². The van der Waals surface area contributed by atoms with Crippen molar-refractivity contribution in [2.75, 3.05) is 19.8 Å². The molecule has 74 heavy (non-hydrogen) atoms.